The molecule has 0 unspecified atom stereocenters. The Kier molecular flexibility index (Phi) is 2.69. The summed E-state index contributed by atoms with van der Waals surface area (Å²) in [6.45, 7) is 0. The van der Waals surface area contributed by atoms with Gasteiger partial charge in [0.25, 0.3) is 0 Å². The van der Waals surface area contributed by atoms with Crippen molar-refractivity contribution < 1.29 is 9.21 Å². The lowest BCUT2D eigenvalue weighted by molar-refractivity contribution is 0.104. The molecule has 0 saturated carbocycles. The van der Waals surface area contributed by atoms with Crippen molar-refractivity contribution in [2.45, 2.75) is 0 Å². The Morgan fingerprint density at radius 2 is 2.33 bits per heavy atom. The van der Waals surface area contributed by atoms with Crippen LogP contribution in [-0.4, -0.2) is 24.8 Å². The van der Waals surface area contributed by atoms with Gasteiger partial charge >= 0.3 is 0 Å². The van der Waals surface area contributed by atoms with Crippen molar-refractivity contribution in [1.82, 2.24) is 4.90 Å². The minimum absolute atomic E-state index is 0.0440. The third-order valence-electron chi connectivity index (χ3n) is 1.33. The van der Waals surface area contributed by atoms with Crippen LogP contribution in [0.5, 0.6) is 0 Å². The second-order valence-corrected chi connectivity index (χ2v) is 2.66. The van der Waals surface area contributed by atoms with Crippen LogP contribution >= 0.6 is 0 Å². The maximum Gasteiger partial charge on any atom is 0.190 e. The second-order valence-electron chi connectivity index (χ2n) is 2.66. The summed E-state index contributed by atoms with van der Waals surface area (Å²) in [7, 11) is 3.72. The van der Waals surface area contributed by atoms with Gasteiger partial charge in [0.2, 0.25) is 0 Å². The van der Waals surface area contributed by atoms with Crippen LogP contribution in [0.4, 0.5) is 0 Å². The Hall–Kier alpha value is -1.51. The molecular weight excluding hydrogens is 154 g/mol. The summed E-state index contributed by atoms with van der Waals surface area (Å²) < 4.78 is 4.77. The molecule has 1 aromatic heterocycles. The Bertz CT molecular complexity index is 273. The number of hydrogen-bond donors (Lipinski definition) is 0. The van der Waals surface area contributed by atoms with Crippen LogP contribution in [0.3, 0.4) is 0 Å². The number of ketones is 1. The molecule has 0 atom stereocenters. The van der Waals surface area contributed by atoms with Gasteiger partial charge in [-0.2, -0.15) is 0 Å². The zero-order valence-electron chi connectivity index (χ0n) is 7.15. The second kappa shape index (κ2) is 3.76. The maximum absolute atomic E-state index is 11.2. The lowest BCUT2D eigenvalue weighted by Crippen LogP contribution is -2.02. The first-order chi connectivity index (χ1) is 5.70. The highest BCUT2D eigenvalue weighted by molar-refractivity contribution is 6.04. The van der Waals surface area contributed by atoms with Gasteiger partial charge in [0.15, 0.2) is 5.78 Å². The molecule has 0 spiro atoms. The Morgan fingerprint density at radius 3 is 2.83 bits per heavy atom. The molecule has 0 fully saturated rings. The van der Waals surface area contributed by atoms with Crippen molar-refractivity contribution in [3.05, 3.63) is 36.4 Å². The van der Waals surface area contributed by atoms with E-state index in [1.165, 1.54) is 18.6 Å². The van der Waals surface area contributed by atoms with Gasteiger partial charge < -0.3 is 9.32 Å². The van der Waals surface area contributed by atoms with E-state index in [1.54, 1.807) is 17.2 Å². The number of carbonyl (C=O) groups is 1. The van der Waals surface area contributed by atoms with E-state index in [9.17, 15) is 4.79 Å². The SMILES string of the molecule is CN(C)/C=C/C(=O)c1ccoc1. The third-order valence-corrected chi connectivity index (χ3v) is 1.33. The minimum Gasteiger partial charge on any atom is -0.472 e. The summed E-state index contributed by atoms with van der Waals surface area (Å²) in [5.41, 5.74) is 0.577. The van der Waals surface area contributed by atoms with E-state index in [1.807, 2.05) is 14.1 Å². The van der Waals surface area contributed by atoms with Crippen molar-refractivity contribution in [1.29, 1.82) is 0 Å². The fraction of sp³-hybridized carbons (Fsp3) is 0.222. The molecule has 1 rings (SSSR count). The predicted molar refractivity (Wildman–Crippen MR) is 45.9 cm³/mol. The number of carbonyl (C=O) groups excluding carboxylic acids is 1. The summed E-state index contributed by atoms with van der Waals surface area (Å²) in [5.74, 6) is -0.0440. The first-order valence-corrected chi connectivity index (χ1v) is 3.61. The zero-order valence-corrected chi connectivity index (χ0v) is 7.15. The molecule has 1 aromatic rings. The van der Waals surface area contributed by atoms with Crippen LogP contribution < -0.4 is 0 Å². The van der Waals surface area contributed by atoms with Gasteiger partial charge in [-0.1, -0.05) is 0 Å². The molecule has 0 aliphatic heterocycles. The minimum atomic E-state index is -0.0440. The summed E-state index contributed by atoms with van der Waals surface area (Å²) in [5, 5.41) is 0. The van der Waals surface area contributed by atoms with Crippen molar-refractivity contribution in [2.75, 3.05) is 14.1 Å². The normalized spacial score (nSPS) is 10.5. The molecule has 0 aromatic carbocycles. The van der Waals surface area contributed by atoms with Gasteiger partial charge in [0.1, 0.15) is 6.26 Å². The van der Waals surface area contributed by atoms with Gasteiger partial charge in [0, 0.05) is 26.4 Å². The lowest BCUT2D eigenvalue weighted by Gasteiger charge is -2.01. The zero-order chi connectivity index (χ0) is 8.97. The molecule has 1 heterocycles. The molecule has 3 nitrogen and oxygen atoms in total. The molecule has 0 radical (unpaired) electrons. The van der Waals surface area contributed by atoms with Crippen molar-refractivity contribution in [3.63, 3.8) is 0 Å². The van der Waals surface area contributed by atoms with Gasteiger partial charge in [0.05, 0.1) is 11.8 Å². The fourth-order valence-electron chi connectivity index (χ4n) is 0.718. The van der Waals surface area contributed by atoms with Gasteiger partial charge in [-0.15, -0.1) is 0 Å². The third kappa shape index (κ3) is 2.27. The quantitative estimate of drug-likeness (QED) is 0.503. The molecule has 0 saturated heterocycles. The van der Waals surface area contributed by atoms with Crippen LogP contribution in [-0.2, 0) is 0 Å². The predicted octanol–water partition coefficient (Wildman–Crippen LogP) is 1.54. The first-order valence-electron chi connectivity index (χ1n) is 3.61. The van der Waals surface area contributed by atoms with Crippen molar-refractivity contribution in [2.24, 2.45) is 0 Å². The van der Waals surface area contributed by atoms with E-state index in [0.29, 0.717) is 5.56 Å². The molecule has 0 N–H and O–H groups in total. The standard InChI is InChI=1S/C9H11NO2/c1-10(2)5-3-9(11)8-4-6-12-7-8/h3-7H,1-2H3/b5-3+. The Balaban J connectivity index is 2.62. The summed E-state index contributed by atoms with van der Waals surface area (Å²) in [6, 6.07) is 1.64. The molecule has 64 valence electrons. The summed E-state index contributed by atoms with van der Waals surface area (Å²) in [6.07, 6.45) is 6.12. The average molecular weight is 165 g/mol. The smallest absolute Gasteiger partial charge is 0.190 e. The lowest BCUT2D eigenvalue weighted by atomic mass is 10.2. The van der Waals surface area contributed by atoms with Crippen molar-refractivity contribution in [3.8, 4) is 0 Å². The molecule has 12 heavy (non-hydrogen) atoms. The topological polar surface area (TPSA) is 33.5 Å². The van der Waals surface area contributed by atoms with E-state index in [0.717, 1.165) is 0 Å². The van der Waals surface area contributed by atoms with E-state index in [-0.39, 0.29) is 5.78 Å². The fourth-order valence-corrected chi connectivity index (χ4v) is 0.718. The number of allylic oxidation sites excluding steroid dienone is 1. The highest BCUT2D eigenvalue weighted by Gasteiger charge is 2.01. The molecule has 3 heteroatoms. The highest BCUT2D eigenvalue weighted by atomic mass is 16.3. The highest BCUT2D eigenvalue weighted by Crippen LogP contribution is 2.01. The number of furan rings is 1. The van der Waals surface area contributed by atoms with E-state index < -0.39 is 0 Å². The molecular formula is C9H11NO2. The van der Waals surface area contributed by atoms with E-state index in [4.69, 9.17) is 4.42 Å². The van der Waals surface area contributed by atoms with Crippen LogP contribution in [0.25, 0.3) is 0 Å². The number of nitrogens with zero attached hydrogens (tertiary/aromatic N) is 1. The van der Waals surface area contributed by atoms with Crippen LogP contribution in [0.2, 0.25) is 0 Å². The summed E-state index contributed by atoms with van der Waals surface area (Å²) in [4.78, 5) is 13.0. The largest absolute Gasteiger partial charge is 0.472 e. The first kappa shape index (κ1) is 8.59. The average Bonchev–Trinajstić information content (AvgIpc) is 2.51. The van der Waals surface area contributed by atoms with Gasteiger partial charge in [-0.3, -0.25) is 4.79 Å². The Labute approximate surface area is 71.3 Å². The molecule has 0 bridgehead atoms. The van der Waals surface area contributed by atoms with Crippen LogP contribution in [0, 0.1) is 0 Å². The number of rotatable bonds is 3. The van der Waals surface area contributed by atoms with Crippen molar-refractivity contribution >= 4 is 5.78 Å². The maximum atomic E-state index is 11.2. The molecule has 0 aliphatic carbocycles. The van der Waals surface area contributed by atoms with Gasteiger partial charge in [-0.25, -0.2) is 0 Å². The molecule has 0 amide bonds. The summed E-state index contributed by atoms with van der Waals surface area (Å²) >= 11 is 0. The van der Waals surface area contributed by atoms with E-state index in [2.05, 4.69) is 0 Å². The monoisotopic (exact) mass is 165 g/mol. The number of hydrogen-bond acceptors (Lipinski definition) is 3. The van der Waals surface area contributed by atoms with E-state index >= 15 is 0 Å². The van der Waals surface area contributed by atoms with Gasteiger partial charge in [-0.05, 0) is 6.07 Å². The van der Waals surface area contributed by atoms with Crippen LogP contribution in [0.1, 0.15) is 10.4 Å². The Morgan fingerprint density at radius 1 is 1.58 bits per heavy atom. The van der Waals surface area contributed by atoms with Crippen LogP contribution in [0.15, 0.2) is 35.3 Å². The molecule has 0 aliphatic rings.